The first-order chi connectivity index (χ1) is 9.04. The van der Waals surface area contributed by atoms with Gasteiger partial charge in [0.25, 0.3) is 0 Å². The quantitative estimate of drug-likeness (QED) is 0.848. The molecule has 1 aliphatic rings. The summed E-state index contributed by atoms with van der Waals surface area (Å²) in [4.78, 5) is 11.7. The first kappa shape index (κ1) is 14.3. The monoisotopic (exact) mass is 287 g/mol. The van der Waals surface area contributed by atoms with Gasteiger partial charge in [-0.1, -0.05) is 6.07 Å². The average molecular weight is 288 g/mol. The van der Waals surface area contributed by atoms with Crippen LogP contribution in [-0.4, -0.2) is 17.8 Å². The average Bonchev–Trinajstić information content (AvgIpc) is 2.76. The van der Waals surface area contributed by atoms with Gasteiger partial charge in [0.2, 0.25) is 5.91 Å². The maximum absolute atomic E-state index is 13.4. The van der Waals surface area contributed by atoms with Crippen molar-refractivity contribution in [3.63, 3.8) is 0 Å². The minimum Gasteiger partial charge on any atom is -0.356 e. The van der Waals surface area contributed by atoms with Gasteiger partial charge in [0.1, 0.15) is 11.6 Å². The smallest absolute Gasteiger partial charge is 0.224 e. The van der Waals surface area contributed by atoms with Crippen molar-refractivity contribution >= 4 is 17.5 Å². The van der Waals surface area contributed by atoms with Gasteiger partial charge in [0, 0.05) is 18.0 Å². The van der Waals surface area contributed by atoms with Crippen LogP contribution in [-0.2, 0) is 11.2 Å². The van der Waals surface area contributed by atoms with Crippen LogP contribution >= 0.6 is 11.6 Å². The molecule has 104 valence electrons. The van der Waals surface area contributed by atoms with E-state index in [1.807, 2.05) is 0 Å². The first-order valence-corrected chi connectivity index (χ1v) is 6.83. The van der Waals surface area contributed by atoms with Crippen LogP contribution in [0.4, 0.5) is 8.78 Å². The fourth-order valence-electron chi connectivity index (χ4n) is 2.36. The largest absolute Gasteiger partial charge is 0.356 e. The van der Waals surface area contributed by atoms with E-state index in [1.165, 1.54) is 6.07 Å². The Morgan fingerprint density at radius 1 is 1.37 bits per heavy atom. The van der Waals surface area contributed by atoms with Gasteiger partial charge < -0.3 is 5.32 Å². The predicted molar refractivity (Wildman–Crippen MR) is 70.1 cm³/mol. The minimum absolute atomic E-state index is 0.0663. The molecule has 2 atom stereocenters. The Balaban J connectivity index is 1.81. The third-order valence-corrected chi connectivity index (χ3v) is 3.83. The Bertz CT molecular complexity index is 467. The molecule has 2 rings (SSSR count). The van der Waals surface area contributed by atoms with E-state index >= 15 is 0 Å². The zero-order valence-electron chi connectivity index (χ0n) is 10.5. The van der Waals surface area contributed by atoms with Crippen molar-refractivity contribution in [3.05, 3.63) is 35.4 Å². The van der Waals surface area contributed by atoms with Crippen LogP contribution < -0.4 is 5.32 Å². The Morgan fingerprint density at radius 3 is 2.79 bits per heavy atom. The summed E-state index contributed by atoms with van der Waals surface area (Å²) in [5.41, 5.74) is 0.209. The fraction of sp³-hybridized carbons (Fsp3) is 0.500. The van der Waals surface area contributed by atoms with E-state index in [4.69, 9.17) is 11.6 Å². The zero-order valence-corrected chi connectivity index (χ0v) is 11.2. The number of carbonyl (C=O) groups is 1. The lowest BCUT2D eigenvalue weighted by Gasteiger charge is -2.11. The van der Waals surface area contributed by atoms with Crippen LogP contribution in [0, 0.1) is 17.6 Å². The number of rotatable bonds is 4. The van der Waals surface area contributed by atoms with Crippen molar-refractivity contribution < 1.29 is 13.6 Å². The van der Waals surface area contributed by atoms with Crippen LogP contribution in [0.25, 0.3) is 0 Å². The SMILES string of the molecule is O=C(Cc1ccc(F)cc1F)NCC1CCC(Cl)C1. The number of nitrogens with one attached hydrogen (secondary N) is 1. The lowest BCUT2D eigenvalue weighted by molar-refractivity contribution is -0.120. The molecule has 0 radical (unpaired) electrons. The standard InChI is InChI=1S/C14H16ClF2NO/c15-11-3-1-9(5-11)8-18-14(19)6-10-2-4-12(16)7-13(10)17/h2,4,7,9,11H,1,3,5-6,8H2,(H,18,19). The predicted octanol–water partition coefficient (Wildman–Crippen LogP) is 3.03. The molecule has 1 aromatic rings. The molecule has 5 heteroatoms. The summed E-state index contributed by atoms with van der Waals surface area (Å²) in [6.07, 6.45) is 2.84. The molecule has 0 spiro atoms. The molecule has 1 aromatic carbocycles. The first-order valence-electron chi connectivity index (χ1n) is 6.39. The molecule has 1 amide bonds. The summed E-state index contributed by atoms with van der Waals surface area (Å²) in [6, 6.07) is 3.24. The Morgan fingerprint density at radius 2 is 2.16 bits per heavy atom. The second-order valence-corrected chi connectivity index (χ2v) is 5.61. The normalized spacial score (nSPS) is 22.5. The number of amides is 1. The van der Waals surface area contributed by atoms with Gasteiger partial charge in [-0.3, -0.25) is 4.79 Å². The van der Waals surface area contributed by atoms with Crippen molar-refractivity contribution in [1.29, 1.82) is 0 Å². The van der Waals surface area contributed by atoms with Crippen LogP contribution in [0.15, 0.2) is 18.2 Å². The molecule has 1 N–H and O–H groups in total. The summed E-state index contributed by atoms with van der Waals surface area (Å²) >= 11 is 5.99. The summed E-state index contributed by atoms with van der Waals surface area (Å²) in [6.45, 7) is 0.574. The van der Waals surface area contributed by atoms with E-state index < -0.39 is 11.6 Å². The lowest BCUT2D eigenvalue weighted by atomic mass is 10.1. The molecule has 0 saturated heterocycles. The maximum Gasteiger partial charge on any atom is 0.224 e. The molecule has 0 aliphatic heterocycles. The topological polar surface area (TPSA) is 29.1 Å². The number of hydrogen-bond donors (Lipinski definition) is 1. The maximum atomic E-state index is 13.4. The van der Waals surface area contributed by atoms with Crippen molar-refractivity contribution in [3.8, 4) is 0 Å². The van der Waals surface area contributed by atoms with Crippen LogP contribution in [0.2, 0.25) is 0 Å². The van der Waals surface area contributed by atoms with Crippen LogP contribution in [0.5, 0.6) is 0 Å². The minimum atomic E-state index is -0.683. The van der Waals surface area contributed by atoms with E-state index in [-0.39, 0.29) is 23.3 Å². The van der Waals surface area contributed by atoms with Crippen LogP contribution in [0.1, 0.15) is 24.8 Å². The molecule has 1 fully saturated rings. The summed E-state index contributed by atoms with van der Waals surface area (Å²) in [5.74, 6) is -1.16. The van der Waals surface area contributed by atoms with E-state index in [0.717, 1.165) is 31.4 Å². The molecular formula is C14H16ClF2NO. The van der Waals surface area contributed by atoms with E-state index in [9.17, 15) is 13.6 Å². The highest BCUT2D eigenvalue weighted by Crippen LogP contribution is 2.28. The van der Waals surface area contributed by atoms with Gasteiger partial charge in [-0.15, -0.1) is 11.6 Å². The van der Waals surface area contributed by atoms with Gasteiger partial charge in [-0.2, -0.15) is 0 Å². The molecule has 0 bridgehead atoms. The van der Waals surface area contributed by atoms with E-state index in [0.29, 0.717) is 12.5 Å². The van der Waals surface area contributed by atoms with Gasteiger partial charge >= 0.3 is 0 Å². The molecule has 2 unspecified atom stereocenters. The molecular weight excluding hydrogens is 272 g/mol. The highest BCUT2D eigenvalue weighted by atomic mass is 35.5. The van der Waals surface area contributed by atoms with Crippen molar-refractivity contribution in [2.24, 2.45) is 5.92 Å². The highest BCUT2D eigenvalue weighted by molar-refractivity contribution is 6.20. The van der Waals surface area contributed by atoms with Crippen molar-refractivity contribution in [2.45, 2.75) is 31.1 Å². The summed E-state index contributed by atoms with van der Waals surface area (Å²) in [5, 5.41) is 2.98. The van der Waals surface area contributed by atoms with E-state index in [1.54, 1.807) is 0 Å². The third-order valence-electron chi connectivity index (χ3n) is 3.43. The molecule has 19 heavy (non-hydrogen) atoms. The summed E-state index contributed by atoms with van der Waals surface area (Å²) in [7, 11) is 0. The van der Waals surface area contributed by atoms with Gasteiger partial charge in [-0.25, -0.2) is 8.78 Å². The number of hydrogen-bond acceptors (Lipinski definition) is 1. The van der Waals surface area contributed by atoms with Crippen molar-refractivity contribution in [1.82, 2.24) is 5.32 Å². The second-order valence-electron chi connectivity index (χ2n) is 4.99. The molecule has 2 nitrogen and oxygen atoms in total. The Hall–Kier alpha value is -1.16. The van der Waals surface area contributed by atoms with Gasteiger partial charge in [0.05, 0.1) is 6.42 Å². The molecule has 0 heterocycles. The number of carbonyl (C=O) groups excluding carboxylic acids is 1. The van der Waals surface area contributed by atoms with Gasteiger partial charge in [-0.05, 0) is 36.8 Å². The summed E-state index contributed by atoms with van der Waals surface area (Å²) < 4.78 is 26.1. The van der Waals surface area contributed by atoms with E-state index in [2.05, 4.69) is 5.32 Å². The molecule has 0 aromatic heterocycles. The number of alkyl halides is 1. The third kappa shape index (κ3) is 4.16. The molecule has 1 saturated carbocycles. The molecule has 1 aliphatic carbocycles. The highest BCUT2D eigenvalue weighted by Gasteiger charge is 2.23. The number of halogens is 3. The second kappa shape index (κ2) is 6.33. The number of benzene rings is 1. The Labute approximate surface area is 116 Å². The Kier molecular flexibility index (Phi) is 4.75. The van der Waals surface area contributed by atoms with Crippen LogP contribution in [0.3, 0.4) is 0 Å². The lowest BCUT2D eigenvalue weighted by Crippen LogP contribution is -2.30. The van der Waals surface area contributed by atoms with Crippen molar-refractivity contribution in [2.75, 3.05) is 6.54 Å². The fourth-order valence-corrected chi connectivity index (χ4v) is 2.74. The van der Waals surface area contributed by atoms with Gasteiger partial charge in [0.15, 0.2) is 0 Å². The zero-order chi connectivity index (χ0) is 13.8.